The summed E-state index contributed by atoms with van der Waals surface area (Å²) in [7, 11) is 0. The molecule has 2 N–H and O–H groups in total. The van der Waals surface area contributed by atoms with Crippen molar-refractivity contribution in [3.05, 3.63) is 34.3 Å². The molecule has 1 aliphatic rings. The highest BCUT2D eigenvalue weighted by Crippen LogP contribution is 2.28. The minimum atomic E-state index is -0.583. The molecule has 88 valence electrons. The highest BCUT2D eigenvalue weighted by atomic mass is 35.5. The average molecular weight is 242 g/mol. The van der Waals surface area contributed by atoms with Crippen LogP contribution in [-0.2, 0) is 22.7 Å². The van der Waals surface area contributed by atoms with Crippen LogP contribution in [0.15, 0.2) is 18.2 Å². The Balaban J connectivity index is 2.18. The molecule has 16 heavy (non-hydrogen) atoms. The van der Waals surface area contributed by atoms with Crippen molar-refractivity contribution in [2.75, 3.05) is 6.54 Å². The molecule has 0 aliphatic carbocycles. The smallest absolute Gasteiger partial charge is 0.167 e. The van der Waals surface area contributed by atoms with Gasteiger partial charge in [-0.3, -0.25) is 0 Å². The Hall–Kier alpha value is -0.610. The zero-order valence-electron chi connectivity index (χ0n) is 9.33. The molecule has 1 aromatic rings. The Morgan fingerprint density at radius 1 is 1.31 bits per heavy atom. The maximum Gasteiger partial charge on any atom is 0.167 e. The second kappa shape index (κ2) is 4.72. The summed E-state index contributed by atoms with van der Waals surface area (Å²) in [4.78, 5) is 0. The van der Waals surface area contributed by atoms with Gasteiger partial charge in [-0.2, -0.15) is 0 Å². The van der Waals surface area contributed by atoms with Crippen molar-refractivity contribution in [3.63, 3.8) is 0 Å². The zero-order valence-corrected chi connectivity index (χ0v) is 10.1. The first-order chi connectivity index (χ1) is 7.63. The first kappa shape index (κ1) is 11.9. The molecule has 0 saturated heterocycles. The predicted octanol–water partition coefficient (Wildman–Crippen LogP) is 2.45. The average Bonchev–Trinajstić information content (AvgIpc) is 2.40. The quantitative estimate of drug-likeness (QED) is 0.865. The monoisotopic (exact) mass is 241 g/mol. The van der Waals surface area contributed by atoms with Gasteiger partial charge in [-0.15, -0.1) is 0 Å². The summed E-state index contributed by atoms with van der Waals surface area (Å²) in [6, 6.07) is 5.78. The van der Waals surface area contributed by atoms with Gasteiger partial charge >= 0.3 is 0 Å². The van der Waals surface area contributed by atoms with Crippen molar-refractivity contribution in [2.24, 2.45) is 5.73 Å². The summed E-state index contributed by atoms with van der Waals surface area (Å²) < 4.78 is 11.5. The molecule has 4 heteroatoms. The van der Waals surface area contributed by atoms with Gasteiger partial charge in [-0.1, -0.05) is 17.7 Å². The standard InChI is InChI=1S/C12H16ClNO2/c1-12(4-5-14)15-7-9-2-3-11(13)6-10(9)8-16-12/h2-3,6H,4-5,7-8,14H2,1H3. The molecule has 0 amide bonds. The van der Waals surface area contributed by atoms with Crippen molar-refractivity contribution < 1.29 is 9.47 Å². The van der Waals surface area contributed by atoms with Crippen molar-refractivity contribution in [1.82, 2.24) is 0 Å². The molecule has 0 fully saturated rings. The van der Waals surface area contributed by atoms with Crippen LogP contribution in [0.5, 0.6) is 0 Å². The third-order valence-electron chi connectivity index (χ3n) is 2.83. The van der Waals surface area contributed by atoms with E-state index in [1.807, 2.05) is 25.1 Å². The second-order valence-corrected chi connectivity index (χ2v) is 4.60. The van der Waals surface area contributed by atoms with E-state index in [9.17, 15) is 0 Å². The van der Waals surface area contributed by atoms with E-state index in [-0.39, 0.29) is 0 Å². The van der Waals surface area contributed by atoms with E-state index in [4.69, 9.17) is 26.8 Å². The van der Waals surface area contributed by atoms with E-state index in [0.717, 1.165) is 16.1 Å². The highest BCUT2D eigenvalue weighted by Gasteiger charge is 2.28. The van der Waals surface area contributed by atoms with Gasteiger partial charge in [0.05, 0.1) is 13.2 Å². The van der Waals surface area contributed by atoms with Gasteiger partial charge in [0.2, 0.25) is 0 Å². The minimum Gasteiger partial charge on any atom is -0.345 e. The van der Waals surface area contributed by atoms with Crippen LogP contribution >= 0.6 is 11.6 Å². The van der Waals surface area contributed by atoms with Gasteiger partial charge in [0, 0.05) is 11.4 Å². The van der Waals surface area contributed by atoms with Gasteiger partial charge in [0.1, 0.15) is 0 Å². The molecule has 1 unspecified atom stereocenters. The lowest BCUT2D eigenvalue weighted by Gasteiger charge is -2.27. The number of halogens is 1. The summed E-state index contributed by atoms with van der Waals surface area (Å²) in [5.41, 5.74) is 7.76. The number of benzene rings is 1. The normalized spacial score (nSPS) is 24.9. The predicted molar refractivity (Wildman–Crippen MR) is 63.1 cm³/mol. The molecule has 0 saturated carbocycles. The Kier molecular flexibility index (Phi) is 3.50. The maximum atomic E-state index is 5.95. The number of fused-ring (bicyclic) bond motifs is 1. The van der Waals surface area contributed by atoms with Crippen LogP contribution in [-0.4, -0.2) is 12.3 Å². The van der Waals surface area contributed by atoms with Gasteiger partial charge < -0.3 is 15.2 Å². The molecular weight excluding hydrogens is 226 g/mol. The van der Waals surface area contributed by atoms with E-state index < -0.39 is 5.79 Å². The minimum absolute atomic E-state index is 0.520. The number of nitrogens with two attached hydrogens (primary N) is 1. The van der Waals surface area contributed by atoms with Crippen LogP contribution in [0.2, 0.25) is 5.02 Å². The third kappa shape index (κ3) is 2.55. The lowest BCUT2D eigenvalue weighted by molar-refractivity contribution is -0.234. The summed E-state index contributed by atoms with van der Waals surface area (Å²) in [6.45, 7) is 3.54. The molecule has 0 bridgehead atoms. The Bertz CT molecular complexity index is 383. The van der Waals surface area contributed by atoms with Crippen molar-refractivity contribution in [1.29, 1.82) is 0 Å². The highest BCUT2D eigenvalue weighted by molar-refractivity contribution is 6.30. The summed E-state index contributed by atoms with van der Waals surface area (Å²) in [6.07, 6.45) is 0.689. The molecule has 1 aliphatic heterocycles. The van der Waals surface area contributed by atoms with Crippen LogP contribution in [0.1, 0.15) is 24.5 Å². The molecule has 1 atom stereocenters. The van der Waals surface area contributed by atoms with Gasteiger partial charge in [0.25, 0.3) is 0 Å². The van der Waals surface area contributed by atoms with Crippen molar-refractivity contribution in [2.45, 2.75) is 32.3 Å². The van der Waals surface area contributed by atoms with Crippen molar-refractivity contribution >= 4 is 11.6 Å². The lowest BCUT2D eigenvalue weighted by atomic mass is 10.1. The first-order valence-corrected chi connectivity index (χ1v) is 5.76. The topological polar surface area (TPSA) is 44.5 Å². The van der Waals surface area contributed by atoms with Crippen LogP contribution in [0.25, 0.3) is 0 Å². The van der Waals surface area contributed by atoms with Gasteiger partial charge in [0.15, 0.2) is 5.79 Å². The van der Waals surface area contributed by atoms with E-state index in [2.05, 4.69) is 0 Å². The number of rotatable bonds is 2. The molecule has 0 spiro atoms. The van der Waals surface area contributed by atoms with E-state index in [0.29, 0.717) is 26.2 Å². The SMILES string of the molecule is CC1(CCN)OCc2ccc(Cl)cc2CO1. The fraction of sp³-hybridized carbons (Fsp3) is 0.500. The molecule has 2 rings (SSSR count). The van der Waals surface area contributed by atoms with E-state index >= 15 is 0 Å². The van der Waals surface area contributed by atoms with Crippen LogP contribution in [0, 0.1) is 0 Å². The first-order valence-electron chi connectivity index (χ1n) is 5.38. The molecule has 1 heterocycles. The summed E-state index contributed by atoms with van der Waals surface area (Å²) in [5.74, 6) is -0.583. The molecule has 1 aromatic carbocycles. The Morgan fingerprint density at radius 3 is 2.69 bits per heavy atom. The largest absolute Gasteiger partial charge is 0.345 e. The number of hydrogen-bond donors (Lipinski definition) is 1. The van der Waals surface area contributed by atoms with Crippen LogP contribution in [0.3, 0.4) is 0 Å². The Morgan fingerprint density at radius 2 is 2.00 bits per heavy atom. The Labute approximate surface area is 100 Å². The lowest BCUT2D eigenvalue weighted by Crippen LogP contribution is -2.33. The summed E-state index contributed by atoms with van der Waals surface area (Å²) >= 11 is 5.95. The molecule has 0 radical (unpaired) electrons. The molecular formula is C12H16ClNO2. The maximum absolute atomic E-state index is 5.95. The van der Waals surface area contributed by atoms with Gasteiger partial charge in [-0.05, 0) is 36.7 Å². The fourth-order valence-corrected chi connectivity index (χ4v) is 1.97. The van der Waals surface area contributed by atoms with E-state index in [1.54, 1.807) is 0 Å². The van der Waals surface area contributed by atoms with Crippen LogP contribution < -0.4 is 5.73 Å². The summed E-state index contributed by atoms with van der Waals surface area (Å²) in [5, 5.41) is 0.727. The zero-order chi connectivity index (χ0) is 11.6. The second-order valence-electron chi connectivity index (χ2n) is 4.16. The number of ether oxygens (including phenoxy) is 2. The van der Waals surface area contributed by atoms with E-state index in [1.165, 1.54) is 0 Å². The van der Waals surface area contributed by atoms with Crippen molar-refractivity contribution in [3.8, 4) is 0 Å². The number of hydrogen-bond acceptors (Lipinski definition) is 3. The fourth-order valence-electron chi connectivity index (χ4n) is 1.78. The van der Waals surface area contributed by atoms with Gasteiger partial charge in [-0.25, -0.2) is 0 Å². The van der Waals surface area contributed by atoms with Crippen LogP contribution in [0.4, 0.5) is 0 Å². The third-order valence-corrected chi connectivity index (χ3v) is 3.07. The molecule has 0 aromatic heterocycles. The molecule has 3 nitrogen and oxygen atoms in total.